The zero-order valence-electron chi connectivity index (χ0n) is 16.5. The Kier molecular flexibility index (Phi) is 6.36. The lowest BCUT2D eigenvalue weighted by molar-refractivity contribution is -0.112. The van der Waals surface area contributed by atoms with Crippen LogP contribution < -0.4 is 10.1 Å². The number of nitriles is 1. The van der Waals surface area contributed by atoms with Gasteiger partial charge in [-0.1, -0.05) is 18.2 Å². The van der Waals surface area contributed by atoms with Gasteiger partial charge < -0.3 is 14.5 Å². The van der Waals surface area contributed by atoms with E-state index in [1.54, 1.807) is 47.7 Å². The average molecular weight is 448 g/mol. The number of nitrogens with one attached hydrogen (secondary N) is 1. The van der Waals surface area contributed by atoms with Crippen molar-refractivity contribution in [2.75, 3.05) is 11.9 Å². The predicted molar refractivity (Wildman–Crippen MR) is 122 cm³/mol. The summed E-state index contributed by atoms with van der Waals surface area (Å²) in [6, 6.07) is 20.2. The zero-order valence-corrected chi connectivity index (χ0v) is 18.1. The molecular formula is C23H17N3O3S2. The molecule has 0 unspecified atom stereocenters. The number of rotatable bonds is 7. The van der Waals surface area contributed by atoms with Crippen LogP contribution in [0.25, 0.3) is 16.3 Å². The number of carbonyl (C=O) groups is 1. The summed E-state index contributed by atoms with van der Waals surface area (Å²) in [5.74, 6) is 0.746. The molecule has 0 aliphatic carbocycles. The van der Waals surface area contributed by atoms with E-state index < -0.39 is 5.91 Å². The third-order valence-electron chi connectivity index (χ3n) is 4.12. The molecule has 1 amide bonds. The highest BCUT2D eigenvalue weighted by Crippen LogP contribution is 2.36. The Bertz CT molecular complexity index is 1290. The first-order valence-corrected chi connectivity index (χ1v) is 11.1. The lowest BCUT2D eigenvalue weighted by Crippen LogP contribution is -2.13. The number of aromatic nitrogens is 1. The van der Waals surface area contributed by atoms with E-state index >= 15 is 0 Å². The van der Waals surface area contributed by atoms with E-state index in [-0.39, 0.29) is 5.57 Å². The van der Waals surface area contributed by atoms with Crippen LogP contribution in [0.1, 0.15) is 12.7 Å². The van der Waals surface area contributed by atoms with E-state index in [0.717, 1.165) is 20.3 Å². The fourth-order valence-corrected chi connectivity index (χ4v) is 4.75. The van der Waals surface area contributed by atoms with Crippen molar-refractivity contribution < 1.29 is 13.9 Å². The molecule has 0 bridgehead atoms. The highest BCUT2D eigenvalue weighted by Gasteiger charge is 2.13. The van der Waals surface area contributed by atoms with Gasteiger partial charge in [0, 0.05) is 11.8 Å². The Hall–Kier alpha value is -3.54. The molecule has 2 heterocycles. The number of hydrogen-bond donors (Lipinski definition) is 1. The number of anilines is 1. The molecule has 2 aromatic carbocycles. The van der Waals surface area contributed by atoms with Crippen molar-refractivity contribution in [3.8, 4) is 11.8 Å². The van der Waals surface area contributed by atoms with Crippen molar-refractivity contribution in [2.45, 2.75) is 16.4 Å². The monoisotopic (exact) mass is 447 g/mol. The number of amides is 1. The van der Waals surface area contributed by atoms with E-state index in [1.807, 2.05) is 37.3 Å². The topological polar surface area (TPSA) is 88.1 Å². The van der Waals surface area contributed by atoms with E-state index in [2.05, 4.69) is 10.3 Å². The summed E-state index contributed by atoms with van der Waals surface area (Å²) in [6.07, 6.45) is 1.43. The van der Waals surface area contributed by atoms with Gasteiger partial charge in [0.2, 0.25) is 0 Å². The standard InChI is InChI=1S/C23H17N3O3S2/c1-2-28-17-8-10-19-20(13-17)30-23(26-19)31-21-11-9-18(29-21)12-15(14-24)22(27)25-16-6-4-3-5-7-16/h3-13H,2H2,1H3,(H,25,27)/b15-12+. The second-order valence-electron chi connectivity index (χ2n) is 6.29. The number of para-hydroxylation sites is 1. The fraction of sp³-hybridized carbons (Fsp3) is 0.0870. The molecule has 0 fully saturated rings. The van der Waals surface area contributed by atoms with E-state index in [1.165, 1.54) is 17.8 Å². The lowest BCUT2D eigenvalue weighted by Gasteiger charge is -2.02. The van der Waals surface area contributed by atoms with Crippen LogP contribution in [0, 0.1) is 11.3 Å². The molecule has 0 radical (unpaired) electrons. The number of thiazole rings is 1. The van der Waals surface area contributed by atoms with Crippen LogP contribution in [-0.4, -0.2) is 17.5 Å². The Morgan fingerprint density at radius 1 is 1.26 bits per heavy atom. The summed E-state index contributed by atoms with van der Waals surface area (Å²) in [5.41, 5.74) is 1.47. The Balaban J connectivity index is 1.47. The number of fused-ring (bicyclic) bond motifs is 1. The number of hydrogen-bond acceptors (Lipinski definition) is 7. The molecule has 0 saturated heterocycles. The van der Waals surface area contributed by atoms with Gasteiger partial charge >= 0.3 is 0 Å². The molecule has 31 heavy (non-hydrogen) atoms. The average Bonchev–Trinajstić information content (AvgIpc) is 3.38. The number of ether oxygens (including phenoxy) is 1. The van der Waals surface area contributed by atoms with Crippen molar-refractivity contribution >= 4 is 51.0 Å². The first kappa shape index (κ1) is 20.7. The van der Waals surface area contributed by atoms with Crippen molar-refractivity contribution in [3.63, 3.8) is 0 Å². The fourth-order valence-electron chi connectivity index (χ4n) is 2.75. The highest BCUT2D eigenvalue weighted by molar-refractivity contribution is 8.01. The van der Waals surface area contributed by atoms with Gasteiger partial charge in [0.1, 0.15) is 23.2 Å². The van der Waals surface area contributed by atoms with Gasteiger partial charge in [-0.15, -0.1) is 11.3 Å². The lowest BCUT2D eigenvalue weighted by atomic mass is 10.2. The van der Waals surface area contributed by atoms with Gasteiger partial charge in [0.25, 0.3) is 5.91 Å². The Morgan fingerprint density at radius 2 is 2.10 bits per heavy atom. The van der Waals surface area contributed by atoms with Crippen molar-refractivity contribution in [1.82, 2.24) is 4.98 Å². The largest absolute Gasteiger partial charge is 0.494 e. The van der Waals surface area contributed by atoms with Gasteiger partial charge in [-0.25, -0.2) is 4.98 Å². The van der Waals surface area contributed by atoms with Crippen molar-refractivity contribution in [3.05, 3.63) is 72.0 Å². The van der Waals surface area contributed by atoms with Crippen molar-refractivity contribution in [1.29, 1.82) is 5.26 Å². The van der Waals surface area contributed by atoms with E-state index in [4.69, 9.17) is 9.15 Å². The zero-order chi connectivity index (χ0) is 21.6. The summed E-state index contributed by atoms with van der Waals surface area (Å²) < 4.78 is 13.2. The molecule has 6 nitrogen and oxygen atoms in total. The molecule has 154 valence electrons. The Morgan fingerprint density at radius 3 is 2.87 bits per heavy atom. The number of nitrogens with zero attached hydrogens (tertiary/aromatic N) is 2. The number of carbonyl (C=O) groups excluding carboxylic acids is 1. The van der Waals surface area contributed by atoms with Gasteiger partial charge in [0.15, 0.2) is 9.43 Å². The van der Waals surface area contributed by atoms with Gasteiger partial charge in [-0.05, 0) is 61.2 Å². The molecule has 1 N–H and O–H groups in total. The predicted octanol–water partition coefficient (Wildman–Crippen LogP) is 5.98. The van der Waals surface area contributed by atoms with E-state index in [9.17, 15) is 10.1 Å². The quantitative estimate of drug-likeness (QED) is 0.277. The minimum Gasteiger partial charge on any atom is -0.494 e. The van der Waals surface area contributed by atoms with Crippen LogP contribution in [0.4, 0.5) is 5.69 Å². The maximum atomic E-state index is 12.4. The summed E-state index contributed by atoms with van der Waals surface area (Å²) >= 11 is 2.93. The second kappa shape index (κ2) is 9.51. The van der Waals surface area contributed by atoms with Crippen LogP contribution in [0.3, 0.4) is 0 Å². The summed E-state index contributed by atoms with van der Waals surface area (Å²) in [7, 11) is 0. The molecule has 0 spiro atoms. The van der Waals surface area contributed by atoms with Crippen LogP contribution in [0.2, 0.25) is 0 Å². The molecule has 2 aromatic heterocycles. The first-order chi connectivity index (χ1) is 15.1. The minimum absolute atomic E-state index is 0.0433. The van der Waals surface area contributed by atoms with Gasteiger partial charge in [-0.2, -0.15) is 5.26 Å². The summed E-state index contributed by atoms with van der Waals surface area (Å²) in [4.78, 5) is 17.0. The van der Waals surface area contributed by atoms with Crippen LogP contribution in [0.15, 0.2) is 80.1 Å². The minimum atomic E-state index is -0.490. The van der Waals surface area contributed by atoms with Crippen LogP contribution >= 0.6 is 23.1 Å². The second-order valence-corrected chi connectivity index (χ2v) is 8.57. The molecule has 0 atom stereocenters. The Labute approximate surface area is 187 Å². The molecule has 4 rings (SSSR count). The number of furan rings is 1. The highest BCUT2D eigenvalue weighted by atomic mass is 32.2. The molecule has 0 saturated carbocycles. The molecular weight excluding hydrogens is 430 g/mol. The van der Waals surface area contributed by atoms with Crippen molar-refractivity contribution in [2.24, 2.45) is 0 Å². The summed E-state index contributed by atoms with van der Waals surface area (Å²) in [5, 5.41) is 12.7. The number of benzene rings is 2. The smallest absolute Gasteiger partial charge is 0.266 e. The van der Waals surface area contributed by atoms with Crippen LogP contribution in [-0.2, 0) is 4.79 Å². The molecule has 8 heteroatoms. The van der Waals surface area contributed by atoms with Gasteiger partial charge in [0.05, 0.1) is 16.8 Å². The van der Waals surface area contributed by atoms with Gasteiger partial charge in [-0.3, -0.25) is 4.79 Å². The van der Waals surface area contributed by atoms with Crippen LogP contribution in [0.5, 0.6) is 5.75 Å². The molecule has 4 aromatic rings. The molecule has 0 aliphatic rings. The van der Waals surface area contributed by atoms with E-state index in [0.29, 0.717) is 23.1 Å². The third kappa shape index (κ3) is 5.15. The summed E-state index contributed by atoms with van der Waals surface area (Å²) in [6.45, 7) is 2.56. The first-order valence-electron chi connectivity index (χ1n) is 9.44. The normalized spacial score (nSPS) is 11.3. The third-order valence-corrected chi connectivity index (χ3v) is 6.12. The maximum Gasteiger partial charge on any atom is 0.266 e. The molecule has 0 aliphatic heterocycles. The SMILES string of the molecule is CCOc1ccc2nc(Sc3ccc(/C=C(\C#N)C(=O)Nc4ccccc4)o3)sc2c1. The maximum absolute atomic E-state index is 12.4.